The van der Waals surface area contributed by atoms with Crippen LogP contribution in [0.5, 0.6) is 0 Å². The van der Waals surface area contributed by atoms with E-state index in [2.05, 4.69) is 13.8 Å². The molecule has 7 atom stereocenters. The third-order valence-corrected chi connectivity index (χ3v) is 12.9. The Hall–Kier alpha value is -0.640. The van der Waals surface area contributed by atoms with Gasteiger partial charge in [-0.05, 0) is 12.8 Å². The molecule has 65 heavy (non-hydrogen) atoms. The number of unbranched alkanes of at least 4 members (excludes halogenated alkanes) is 30. The van der Waals surface area contributed by atoms with Crippen LogP contribution < -0.4 is 34.5 Å². The molecular formula is C49H92NaO14P. The largest absolute Gasteiger partial charge is 1.00 e. The zero-order chi connectivity index (χ0) is 47.1. The molecule has 1 aliphatic rings. The number of hydrogen-bond acceptors (Lipinski definition) is 14. The molecule has 1 rings (SSSR count). The average molecular weight is 959 g/mol. The summed E-state index contributed by atoms with van der Waals surface area (Å²) in [6, 6.07) is 0. The first kappa shape index (κ1) is 64.4. The van der Waals surface area contributed by atoms with Gasteiger partial charge in [0.25, 0.3) is 7.82 Å². The summed E-state index contributed by atoms with van der Waals surface area (Å²) in [5.74, 6) is -1.81. The summed E-state index contributed by atoms with van der Waals surface area (Å²) in [4.78, 5) is 49.6. The molecule has 14 nitrogen and oxygen atoms in total. The number of phosphoric ester groups is 1. The summed E-state index contributed by atoms with van der Waals surface area (Å²) >= 11 is 0. The second-order valence-electron chi connectivity index (χ2n) is 18.1. The molecule has 3 N–H and O–H groups in total. The third-order valence-electron chi connectivity index (χ3n) is 12.0. The van der Waals surface area contributed by atoms with Crippen LogP contribution in [-0.4, -0.2) is 89.9 Å². The number of carbonyl (C=O) groups excluding carboxylic acids is 3. The molecule has 0 aromatic rings. The summed E-state index contributed by atoms with van der Waals surface area (Å²) in [6.07, 6.45) is 28.5. The van der Waals surface area contributed by atoms with Crippen LogP contribution in [0.1, 0.15) is 239 Å². The van der Waals surface area contributed by atoms with Crippen LogP contribution in [0.4, 0.5) is 0 Å². The van der Waals surface area contributed by atoms with E-state index in [1.54, 1.807) is 0 Å². The third kappa shape index (κ3) is 36.9. The molecule has 0 aromatic carbocycles. The summed E-state index contributed by atoms with van der Waals surface area (Å²) in [5, 5.41) is 30.8. The molecule has 1 saturated heterocycles. The maximum Gasteiger partial charge on any atom is 1.00 e. The second kappa shape index (κ2) is 43.4. The molecule has 0 aliphatic carbocycles. The van der Waals surface area contributed by atoms with Gasteiger partial charge in [-0.3, -0.25) is 23.5 Å². The molecule has 378 valence electrons. The van der Waals surface area contributed by atoms with Crippen molar-refractivity contribution in [1.82, 2.24) is 0 Å². The number of hydrogen-bond donors (Lipinski definition) is 3. The minimum atomic E-state index is -5.32. The van der Waals surface area contributed by atoms with Gasteiger partial charge in [0.2, 0.25) is 0 Å². The number of phosphoric acid groups is 1. The van der Waals surface area contributed by atoms with Crippen molar-refractivity contribution in [1.29, 1.82) is 0 Å². The smallest absolute Gasteiger partial charge is 0.756 e. The van der Waals surface area contributed by atoms with Crippen LogP contribution in [-0.2, 0) is 46.9 Å². The first-order chi connectivity index (χ1) is 30.9. The Bertz CT molecular complexity index is 1200. The molecule has 1 heterocycles. The number of carbonyl (C=O) groups is 3. The van der Waals surface area contributed by atoms with E-state index >= 15 is 0 Å². The van der Waals surface area contributed by atoms with E-state index in [9.17, 15) is 39.2 Å². The van der Waals surface area contributed by atoms with Crippen molar-refractivity contribution in [3.8, 4) is 0 Å². The second-order valence-corrected chi connectivity index (χ2v) is 19.4. The van der Waals surface area contributed by atoms with Crippen LogP contribution in [0.2, 0.25) is 0 Å². The zero-order valence-electron chi connectivity index (χ0n) is 41.4. The molecule has 1 fully saturated rings. The maximum absolute atomic E-state index is 12.9. The van der Waals surface area contributed by atoms with Gasteiger partial charge in [0.15, 0.2) is 12.4 Å². The monoisotopic (exact) mass is 959 g/mol. The van der Waals surface area contributed by atoms with Crippen molar-refractivity contribution in [3.05, 3.63) is 0 Å². The number of aliphatic hydroxyl groups excluding tert-OH is 3. The Kier molecular flexibility index (Phi) is 43.0. The van der Waals surface area contributed by atoms with Crippen LogP contribution >= 0.6 is 7.82 Å². The molecule has 1 aliphatic heterocycles. The van der Waals surface area contributed by atoms with Crippen molar-refractivity contribution >= 4 is 25.7 Å². The minimum Gasteiger partial charge on any atom is -0.756 e. The molecule has 0 aromatic heterocycles. The molecule has 0 radical (unpaired) electrons. The van der Waals surface area contributed by atoms with E-state index in [0.717, 1.165) is 45.4 Å². The Morgan fingerprint density at radius 2 is 0.908 bits per heavy atom. The van der Waals surface area contributed by atoms with Gasteiger partial charge in [0, 0.05) is 19.8 Å². The van der Waals surface area contributed by atoms with E-state index < -0.39 is 82.4 Å². The minimum absolute atomic E-state index is 0. The van der Waals surface area contributed by atoms with E-state index in [1.807, 2.05) is 0 Å². The topological polar surface area (TPSA) is 207 Å². The Morgan fingerprint density at radius 1 is 0.538 bits per heavy atom. The number of rotatable bonds is 44. The SMILES string of the molecule is CCCCCCCCCCCCCCCCCCCC(=O)OC(COC(=O)CCCCCCCCCCCCCCCCC)COP(=O)([O-])OC1OC(COC(C)=O)C(O)C(O)C1O.[Na+]. The summed E-state index contributed by atoms with van der Waals surface area (Å²) in [5.41, 5.74) is 0. The fourth-order valence-electron chi connectivity index (χ4n) is 7.93. The predicted molar refractivity (Wildman–Crippen MR) is 247 cm³/mol. The molecule has 16 heteroatoms. The number of ether oxygens (including phenoxy) is 4. The normalized spacial score (nSPS) is 19.8. The summed E-state index contributed by atoms with van der Waals surface area (Å²) < 4.78 is 43.7. The number of aliphatic hydroxyl groups is 3. The van der Waals surface area contributed by atoms with Crippen molar-refractivity contribution in [2.75, 3.05) is 19.8 Å². The van der Waals surface area contributed by atoms with Crippen molar-refractivity contribution in [2.24, 2.45) is 0 Å². The Balaban J connectivity index is 0.0000410. The molecule has 0 spiro atoms. The van der Waals surface area contributed by atoms with Gasteiger partial charge in [0.1, 0.15) is 37.6 Å². The predicted octanol–water partition coefficient (Wildman–Crippen LogP) is 7.62. The summed E-state index contributed by atoms with van der Waals surface area (Å²) in [6.45, 7) is 3.85. The molecular weight excluding hydrogens is 866 g/mol. The average Bonchev–Trinajstić information content (AvgIpc) is 3.26. The van der Waals surface area contributed by atoms with Crippen molar-refractivity contribution in [2.45, 2.75) is 276 Å². The Morgan fingerprint density at radius 3 is 1.29 bits per heavy atom. The van der Waals surface area contributed by atoms with E-state index in [0.29, 0.717) is 12.8 Å². The maximum atomic E-state index is 12.9. The fourth-order valence-corrected chi connectivity index (χ4v) is 8.77. The molecule has 0 bridgehead atoms. The van der Waals surface area contributed by atoms with E-state index in [4.69, 9.17) is 28.0 Å². The van der Waals surface area contributed by atoms with Gasteiger partial charge < -0.3 is 43.7 Å². The molecule has 7 unspecified atom stereocenters. The number of esters is 3. The zero-order valence-corrected chi connectivity index (χ0v) is 44.3. The fraction of sp³-hybridized carbons (Fsp3) is 0.939. The van der Waals surface area contributed by atoms with Crippen molar-refractivity contribution < 1.29 is 96.7 Å². The Labute approximate surface area is 416 Å². The molecule has 0 amide bonds. The first-order valence-corrected chi connectivity index (χ1v) is 27.2. The van der Waals surface area contributed by atoms with Crippen LogP contribution in [0, 0.1) is 0 Å². The van der Waals surface area contributed by atoms with Crippen molar-refractivity contribution in [3.63, 3.8) is 0 Å². The van der Waals surface area contributed by atoms with Crippen LogP contribution in [0.25, 0.3) is 0 Å². The van der Waals surface area contributed by atoms with Gasteiger partial charge in [0.05, 0.1) is 6.61 Å². The summed E-state index contributed by atoms with van der Waals surface area (Å²) in [7, 11) is -5.32. The van der Waals surface area contributed by atoms with E-state index in [-0.39, 0.29) is 42.4 Å². The first-order valence-electron chi connectivity index (χ1n) is 25.7. The molecule has 0 saturated carbocycles. The van der Waals surface area contributed by atoms with Gasteiger partial charge in [-0.1, -0.05) is 206 Å². The van der Waals surface area contributed by atoms with Gasteiger partial charge in [-0.15, -0.1) is 0 Å². The quantitative estimate of drug-likeness (QED) is 0.0177. The van der Waals surface area contributed by atoms with E-state index in [1.165, 1.54) is 154 Å². The van der Waals surface area contributed by atoms with Gasteiger partial charge in [-0.2, -0.15) is 0 Å². The standard InChI is InChI=1S/C49H93O14P.Na/c1-4-6-8-10-12-14-16-18-20-21-23-25-27-29-31-33-35-37-45(52)61-42(38-59-44(51)36-34-32-30-28-26-24-22-19-17-15-13-11-9-7-5-2)39-60-64(56,57)63-49-48(55)47(54)46(53)43(62-49)40-58-41(3)50;/h42-43,46-49,53-55H,4-40H2,1-3H3,(H,56,57);/q;+1/p-1. The van der Waals surface area contributed by atoms with Crippen LogP contribution in [0.15, 0.2) is 0 Å². The van der Waals surface area contributed by atoms with Gasteiger partial charge in [-0.25, -0.2) is 0 Å². The van der Waals surface area contributed by atoms with Crippen LogP contribution in [0.3, 0.4) is 0 Å². The van der Waals surface area contributed by atoms with Gasteiger partial charge >= 0.3 is 47.5 Å².